The lowest BCUT2D eigenvalue weighted by atomic mass is 10.3. The number of hydrogen-bond donors (Lipinski definition) is 3. The summed E-state index contributed by atoms with van der Waals surface area (Å²) < 4.78 is 4.81. The first kappa shape index (κ1) is 12.9. The van der Waals surface area contributed by atoms with Crippen molar-refractivity contribution in [3.05, 3.63) is 30.1 Å². The van der Waals surface area contributed by atoms with Gasteiger partial charge in [0.1, 0.15) is 12.6 Å². The van der Waals surface area contributed by atoms with Crippen molar-refractivity contribution in [3.63, 3.8) is 0 Å². The molecule has 7 heteroatoms. The lowest BCUT2D eigenvalue weighted by Gasteiger charge is -2.12. The molecular formula is C10H13N3O4. The second kappa shape index (κ2) is 6.44. The van der Waals surface area contributed by atoms with E-state index in [1.165, 1.54) is 0 Å². The molecule has 0 aromatic carbocycles. The maximum atomic E-state index is 11.2. The van der Waals surface area contributed by atoms with Gasteiger partial charge in [-0.3, -0.25) is 4.98 Å². The molecule has 1 rings (SSSR count). The number of carbonyl (C=O) groups is 2. The number of nitrogens with one attached hydrogen (secondary N) is 1. The van der Waals surface area contributed by atoms with Gasteiger partial charge in [-0.15, -0.1) is 0 Å². The molecule has 1 heterocycles. The van der Waals surface area contributed by atoms with Crippen molar-refractivity contribution in [1.82, 2.24) is 10.3 Å². The van der Waals surface area contributed by atoms with E-state index >= 15 is 0 Å². The fraction of sp³-hybridized carbons (Fsp3) is 0.300. The zero-order chi connectivity index (χ0) is 12.7. The average Bonchev–Trinajstić information content (AvgIpc) is 2.34. The number of pyridine rings is 1. The van der Waals surface area contributed by atoms with Gasteiger partial charge in [0.05, 0.1) is 0 Å². The first-order valence-corrected chi connectivity index (χ1v) is 4.88. The smallest absolute Gasteiger partial charge is 0.408 e. The number of carboxylic acid groups (broad SMARTS) is 1. The Kier molecular flexibility index (Phi) is 4.89. The number of rotatable bonds is 5. The summed E-state index contributed by atoms with van der Waals surface area (Å²) in [6.45, 7) is -0.148. The van der Waals surface area contributed by atoms with E-state index < -0.39 is 18.1 Å². The minimum Gasteiger partial charge on any atom is -0.480 e. The van der Waals surface area contributed by atoms with E-state index in [2.05, 4.69) is 10.3 Å². The first-order chi connectivity index (χ1) is 8.13. The molecule has 0 fully saturated rings. The summed E-state index contributed by atoms with van der Waals surface area (Å²) in [5.41, 5.74) is 5.93. The van der Waals surface area contributed by atoms with E-state index in [0.717, 1.165) is 5.56 Å². The number of alkyl carbamates (subject to hydrolysis) is 1. The highest BCUT2D eigenvalue weighted by molar-refractivity contribution is 5.80. The zero-order valence-corrected chi connectivity index (χ0v) is 9.00. The Balaban J connectivity index is 2.37. The summed E-state index contributed by atoms with van der Waals surface area (Å²) >= 11 is 0. The van der Waals surface area contributed by atoms with Crippen molar-refractivity contribution >= 4 is 12.1 Å². The first-order valence-electron chi connectivity index (χ1n) is 4.88. The van der Waals surface area contributed by atoms with Gasteiger partial charge in [0.15, 0.2) is 0 Å². The molecule has 1 aromatic rings. The highest BCUT2D eigenvalue weighted by Crippen LogP contribution is 1.98. The molecule has 0 bridgehead atoms. The molecule has 0 saturated carbocycles. The average molecular weight is 239 g/mol. The molecule has 92 valence electrons. The minimum atomic E-state index is -1.20. The fourth-order valence-electron chi connectivity index (χ4n) is 1.03. The Morgan fingerprint density at radius 3 is 2.65 bits per heavy atom. The van der Waals surface area contributed by atoms with Crippen LogP contribution in [0.5, 0.6) is 0 Å². The van der Waals surface area contributed by atoms with Gasteiger partial charge in [0.2, 0.25) is 0 Å². The van der Waals surface area contributed by atoms with Crippen LogP contribution in [0.3, 0.4) is 0 Å². The molecule has 0 saturated heterocycles. The lowest BCUT2D eigenvalue weighted by molar-refractivity contribution is -0.139. The van der Waals surface area contributed by atoms with E-state index in [9.17, 15) is 9.59 Å². The molecule has 1 amide bonds. The summed E-state index contributed by atoms with van der Waals surface area (Å²) in [4.78, 5) is 25.6. The van der Waals surface area contributed by atoms with Crippen molar-refractivity contribution in [2.45, 2.75) is 12.6 Å². The molecule has 0 aliphatic carbocycles. The second-order valence-corrected chi connectivity index (χ2v) is 3.20. The maximum Gasteiger partial charge on any atom is 0.408 e. The Hall–Kier alpha value is -2.15. The van der Waals surface area contributed by atoms with Gasteiger partial charge in [-0.2, -0.15) is 0 Å². The number of aromatic nitrogens is 1. The second-order valence-electron chi connectivity index (χ2n) is 3.20. The summed E-state index contributed by atoms with van der Waals surface area (Å²) in [6.07, 6.45) is 2.31. The third-order valence-corrected chi connectivity index (χ3v) is 1.95. The van der Waals surface area contributed by atoms with Gasteiger partial charge in [-0.05, 0) is 17.7 Å². The van der Waals surface area contributed by atoms with Gasteiger partial charge in [-0.1, -0.05) is 0 Å². The van der Waals surface area contributed by atoms with E-state index in [0.29, 0.717) is 0 Å². The summed E-state index contributed by atoms with van der Waals surface area (Å²) in [7, 11) is 0. The van der Waals surface area contributed by atoms with Crippen LogP contribution in [0.15, 0.2) is 24.5 Å². The quantitative estimate of drug-likeness (QED) is 0.651. The Morgan fingerprint density at radius 2 is 2.12 bits per heavy atom. The number of aliphatic carboxylic acids is 1. The largest absolute Gasteiger partial charge is 0.480 e. The normalized spacial score (nSPS) is 11.6. The zero-order valence-electron chi connectivity index (χ0n) is 9.00. The molecule has 0 radical (unpaired) electrons. The van der Waals surface area contributed by atoms with Crippen LogP contribution < -0.4 is 11.1 Å². The number of carbonyl (C=O) groups excluding carboxylic acids is 1. The van der Waals surface area contributed by atoms with E-state index in [1.54, 1.807) is 24.5 Å². The van der Waals surface area contributed by atoms with E-state index in [1.807, 2.05) is 0 Å². The summed E-state index contributed by atoms with van der Waals surface area (Å²) in [5.74, 6) is -1.20. The lowest BCUT2D eigenvalue weighted by Crippen LogP contribution is -2.45. The van der Waals surface area contributed by atoms with Gasteiger partial charge in [0.25, 0.3) is 0 Å². The van der Waals surface area contributed by atoms with Gasteiger partial charge < -0.3 is 20.9 Å². The molecule has 1 aromatic heterocycles. The number of ether oxygens (including phenoxy) is 1. The summed E-state index contributed by atoms with van der Waals surface area (Å²) in [6, 6.07) is 2.23. The monoisotopic (exact) mass is 239 g/mol. The third kappa shape index (κ3) is 4.47. The third-order valence-electron chi connectivity index (χ3n) is 1.95. The standard InChI is InChI=1S/C10H13N3O4/c11-5-8(9(14)15)13-10(16)17-6-7-1-3-12-4-2-7/h1-4,8H,5-6,11H2,(H,13,16)(H,14,15). The molecule has 1 unspecified atom stereocenters. The predicted octanol–water partition coefficient (Wildman–Crippen LogP) is -0.280. The van der Waals surface area contributed by atoms with E-state index in [4.69, 9.17) is 15.6 Å². The van der Waals surface area contributed by atoms with Crippen molar-refractivity contribution in [2.24, 2.45) is 5.73 Å². The van der Waals surface area contributed by atoms with Crippen molar-refractivity contribution in [3.8, 4) is 0 Å². The van der Waals surface area contributed by atoms with Crippen molar-refractivity contribution in [2.75, 3.05) is 6.54 Å². The molecule has 0 spiro atoms. The SMILES string of the molecule is NCC(NC(=O)OCc1ccncc1)C(=O)O. The fourth-order valence-corrected chi connectivity index (χ4v) is 1.03. The Labute approximate surface area is 97.6 Å². The van der Waals surface area contributed by atoms with Crippen molar-refractivity contribution < 1.29 is 19.4 Å². The highest BCUT2D eigenvalue weighted by Gasteiger charge is 2.18. The van der Waals surface area contributed by atoms with Gasteiger partial charge in [0, 0.05) is 18.9 Å². The Morgan fingerprint density at radius 1 is 1.47 bits per heavy atom. The highest BCUT2D eigenvalue weighted by atomic mass is 16.5. The molecule has 1 atom stereocenters. The molecule has 0 aliphatic heterocycles. The van der Waals surface area contributed by atoms with Gasteiger partial charge in [-0.25, -0.2) is 9.59 Å². The number of nitrogens with two attached hydrogens (primary N) is 1. The van der Waals surface area contributed by atoms with Crippen LogP contribution in [-0.2, 0) is 16.1 Å². The molecule has 0 aliphatic rings. The van der Waals surface area contributed by atoms with Crippen LogP contribution in [0.25, 0.3) is 0 Å². The number of hydrogen-bond acceptors (Lipinski definition) is 5. The predicted molar refractivity (Wildman–Crippen MR) is 58.0 cm³/mol. The van der Waals surface area contributed by atoms with Crippen molar-refractivity contribution in [1.29, 1.82) is 0 Å². The van der Waals surface area contributed by atoms with Gasteiger partial charge >= 0.3 is 12.1 Å². The van der Waals surface area contributed by atoms with Crippen LogP contribution in [0.2, 0.25) is 0 Å². The Bertz CT molecular complexity index is 382. The van der Waals surface area contributed by atoms with Crippen LogP contribution in [0, 0.1) is 0 Å². The molecule has 17 heavy (non-hydrogen) atoms. The van der Waals surface area contributed by atoms with Crippen LogP contribution >= 0.6 is 0 Å². The van der Waals surface area contributed by atoms with E-state index in [-0.39, 0.29) is 13.2 Å². The minimum absolute atomic E-state index is 0.0469. The van der Waals surface area contributed by atoms with Crippen LogP contribution in [0.4, 0.5) is 4.79 Å². The summed E-state index contributed by atoms with van der Waals surface area (Å²) in [5, 5.41) is 10.8. The molecule has 4 N–H and O–H groups in total. The molecule has 7 nitrogen and oxygen atoms in total. The number of carboxylic acids is 1. The number of amides is 1. The van der Waals surface area contributed by atoms with Crippen LogP contribution in [0.1, 0.15) is 5.56 Å². The number of nitrogens with zero attached hydrogens (tertiary/aromatic N) is 1. The van der Waals surface area contributed by atoms with Crippen LogP contribution in [-0.4, -0.2) is 34.7 Å². The maximum absolute atomic E-state index is 11.2. The topological polar surface area (TPSA) is 115 Å². The molecular weight excluding hydrogens is 226 g/mol.